The summed E-state index contributed by atoms with van der Waals surface area (Å²) in [6.07, 6.45) is 3.74. The van der Waals surface area contributed by atoms with Gasteiger partial charge in [0.25, 0.3) is 0 Å². The van der Waals surface area contributed by atoms with Crippen LogP contribution in [0.4, 0.5) is 0 Å². The summed E-state index contributed by atoms with van der Waals surface area (Å²) in [5, 5.41) is 7.00. The van der Waals surface area contributed by atoms with Crippen molar-refractivity contribution in [3.05, 3.63) is 12.2 Å². The van der Waals surface area contributed by atoms with E-state index in [0.29, 0.717) is 4.62 Å². The molecule has 0 unspecified atom stereocenters. The van der Waals surface area contributed by atoms with E-state index in [4.69, 9.17) is 5.41 Å². The van der Waals surface area contributed by atoms with E-state index in [-0.39, 0.29) is 5.41 Å². The van der Waals surface area contributed by atoms with Gasteiger partial charge in [-0.3, -0.25) is 5.41 Å². The van der Waals surface area contributed by atoms with Crippen molar-refractivity contribution in [2.24, 2.45) is 5.41 Å². The van der Waals surface area contributed by atoms with Gasteiger partial charge in [-0.25, -0.2) is 0 Å². The quantitative estimate of drug-likeness (QED) is 0.614. The van der Waals surface area contributed by atoms with Gasteiger partial charge in [0.2, 0.25) is 0 Å². The van der Waals surface area contributed by atoms with E-state index in [2.05, 4.69) is 36.7 Å². The molecule has 0 aromatic rings. The van der Waals surface area contributed by atoms with Crippen LogP contribution in [-0.4, -0.2) is 4.62 Å². The van der Waals surface area contributed by atoms with Crippen molar-refractivity contribution < 1.29 is 0 Å². The van der Waals surface area contributed by atoms with E-state index >= 15 is 0 Å². The first kappa shape index (κ1) is 8.89. The van der Waals surface area contributed by atoms with Crippen LogP contribution in [0.1, 0.15) is 20.8 Å². The van der Waals surface area contributed by atoms with Gasteiger partial charge in [-0.2, -0.15) is 0 Å². The SMILES string of the molecule is CC(C)(C)C=CC(=N)Br. The number of allylic oxidation sites excluding steroid dienone is 2. The summed E-state index contributed by atoms with van der Waals surface area (Å²) in [6, 6.07) is 0. The standard InChI is InChI=1S/C7H12BrN/c1-7(2,3)5-4-6(8)9/h4-5,9H,1-3H3. The van der Waals surface area contributed by atoms with E-state index < -0.39 is 0 Å². The molecule has 0 aliphatic rings. The molecule has 0 rings (SSSR count). The molecular weight excluding hydrogens is 178 g/mol. The molecule has 0 saturated heterocycles. The third kappa shape index (κ3) is 7.89. The van der Waals surface area contributed by atoms with E-state index in [1.165, 1.54) is 0 Å². The molecule has 9 heavy (non-hydrogen) atoms. The molecule has 0 spiro atoms. The second kappa shape index (κ2) is 3.16. The first-order valence-corrected chi connectivity index (χ1v) is 3.64. The maximum Gasteiger partial charge on any atom is 0.0963 e. The summed E-state index contributed by atoms with van der Waals surface area (Å²) in [7, 11) is 0. The molecule has 0 bridgehead atoms. The van der Waals surface area contributed by atoms with Crippen molar-refractivity contribution in [1.82, 2.24) is 0 Å². The summed E-state index contributed by atoms with van der Waals surface area (Å²) in [5.74, 6) is 0. The highest BCUT2D eigenvalue weighted by Gasteiger charge is 2.02. The molecule has 0 aliphatic carbocycles. The summed E-state index contributed by atoms with van der Waals surface area (Å²) in [4.78, 5) is 0. The Morgan fingerprint density at radius 2 is 1.89 bits per heavy atom. The molecule has 1 nitrogen and oxygen atoms in total. The molecule has 52 valence electrons. The smallest absolute Gasteiger partial charge is 0.0963 e. The zero-order chi connectivity index (χ0) is 7.49. The molecule has 0 atom stereocenters. The Hall–Kier alpha value is -0.110. The first-order chi connectivity index (χ1) is 3.92. The number of rotatable bonds is 1. The normalized spacial score (nSPS) is 12.4. The van der Waals surface area contributed by atoms with Gasteiger partial charge in [-0.1, -0.05) is 26.8 Å². The van der Waals surface area contributed by atoms with Crippen LogP contribution >= 0.6 is 15.9 Å². The maximum atomic E-state index is 7.00. The first-order valence-electron chi connectivity index (χ1n) is 2.85. The fourth-order valence-corrected chi connectivity index (χ4v) is 0.455. The number of nitrogens with one attached hydrogen (secondary N) is 1. The molecule has 2 heteroatoms. The minimum Gasteiger partial charge on any atom is -0.293 e. The molecule has 0 saturated carbocycles. The molecule has 0 radical (unpaired) electrons. The Kier molecular flexibility index (Phi) is 3.12. The average molecular weight is 190 g/mol. The highest BCUT2D eigenvalue weighted by molar-refractivity contribution is 9.18. The van der Waals surface area contributed by atoms with Gasteiger partial charge in [0, 0.05) is 0 Å². The van der Waals surface area contributed by atoms with Crippen LogP contribution in [0.2, 0.25) is 0 Å². The summed E-state index contributed by atoms with van der Waals surface area (Å²) < 4.78 is 0.428. The second-order valence-electron chi connectivity index (χ2n) is 3.05. The van der Waals surface area contributed by atoms with Crippen LogP contribution < -0.4 is 0 Å². The van der Waals surface area contributed by atoms with Gasteiger partial charge in [0.1, 0.15) is 0 Å². The third-order valence-electron chi connectivity index (χ3n) is 0.730. The summed E-state index contributed by atoms with van der Waals surface area (Å²) in [5.41, 5.74) is 0.181. The average Bonchev–Trinajstić information content (AvgIpc) is 1.59. The zero-order valence-corrected chi connectivity index (χ0v) is 7.62. The third-order valence-corrected chi connectivity index (χ3v) is 0.994. The lowest BCUT2D eigenvalue weighted by Crippen LogP contribution is -1.98. The minimum atomic E-state index is 0.181. The van der Waals surface area contributed by atoms with Crippen molar-refractivity contribution in [2.45, 2.75) is 20.8 Å². The van der Waals surface area contributed by atoms with Gasteiger partial charge in [0.15, 0.2) is 0 Å². The van der Waals surface area contributed by atoms with Crippen molar-refractivity contribution in [2.75, 3.05) is 0 Å². The topological polar surface area (TPSA) is 23.9 Å². The van der Waals surface area contributed by atoms with Crippen LogP contribution in [0.5, 0.6) is 0 Å². The highest BCUT2D eigenvalue weighted by Crippen LogP contribution is 2.14. The maximum absolute atomic E-state index is 7.00. The van der Waals surface area contributed by atoms with Crippen LogP contribution in [-0.2, 0) is 0 Å². The predicted molar refractivity (Wildman–Crippen MR) is 45.2 cm³/mol. The highest BCUT2D eigenvalue weighted by atomic mass is 79.9. The van der Waals surface area contributed by atoms with Crippen LogP contribution in [0.3, 0.4) is 0 Å². The largest absolute Gasteiger partial charge is 0.293 e. The van der Waals surface area contributed by atoms with Gasteiger partial charge in [-0.05, 0) is 27.4 Å². The lowest BCUT2D eigenvalue weighted by atomic mass is 9.97. The Bertz CT molecular complexity index is 130. The molecule has 1 N–H and O–H groups in total. The van der Waals surface area contributed by atoms with E-state index in [1.807, 2.05) is 6.08 Å². The van der Waals surface area contributed by atoms with Gasteiger partial charge in [0.05, 0.1) is 4.62 Å². The van der Waals surface area contributed by atoms with Crippen LogP contribution in [0.25, 0.3) is 0 Å². The van der Waals surface area contributed by atoms with Crippen molar-refractivity contribution in [3.8, 4) is 0 Å². The van der Waals surface area contributed by atoms with Gasteiger partial charge >= 0.3 is 0 Å². The molecule has 0 aliphatic heterocycles. The molecular formula is C7H12BrN. The van der Waals surface area contributed by atoms with Crippen molar-refractivity contribution in [1.29, 1.82) is 5.41 Å². The molecule has 0 heterocycles. The van der Waals surface area contributed by atoms with E-state index in [9.17, 15) is 0 Å². The fraction of sp³-hybridized carbons (Fsp3) is 0.571. The monoisotopic (exact) mass is 189 g/mol. The Morgan fingerprint density at radius 3 is 2.00 bits per heavy atom. The van der Waals surface area contributed by atoms with E-state index in [0.717, 1.165) is 0 Å². The lowest BCUT2D eigenvalue weighted by molar-refractivity contribution is 0.545. The Balaban J connectivity index is 3.86. The minimum absolute atomic E-state index is 0.181. The van der Waals surface area contributed by atoms with E-state index in [1.54, 1.807) is 6.08 Å². The Labute approximate surface area is 64.8 Å². The lowest BCUT2D eigenvalue weighted by Gasteiger charge is -2.09. The van der Waals surface area contributed by atoms with Gasteiger partial charge in [-0.15, -0.1) is 0 Å². The Morgan fingerprint density at radius 1 is 1.44 bits per heavy atom. The predicted octanol–water partition coefficient (Wildman–Crippen LogP) is 2.96. The molecule has 0 fully saturated rings. The number of halogens is 1. The summed E-state index contributed by atoms with van der Waals surface area (Å²) >= 11 is 3.02. The van der Waals surface area contributed by atoms with Crippen molar-refractivity contribution >= 4 is 20.6 Å². The van der Waals surface area contributed by atoms with Crippen LogP contribution in [0, 0.1) is 10.8 Å². The van der Waals surface area contributed by atoms with Crippen molar-refractivity contribution in [3.63, 3.8) is 0 Å². The number of hydrogen-bond acceptors (Lipinski definition) is 1. The molecule has 0 aromatic carbocycles. The second-order valence-corrected chi connectivity index (χ2v) is 3.90. The van der Waals surface area contributed by atoms with Crippen LogP contribution in [0.15, 0.2) is 12.2 Å². The number of hydrogen-bond donors (Lipinski definition) is 1. The van der Waals surface area contributed by atoms with Gasteiger partial charge < -0.3 is 0 Å². The molecule has 0 aromatic heterocycles. The zero-order valence-electron chi connectivity index (χ0n) is 6.03. The molecule has 0 amide bonds. The fourth-order valence-electron chi connectivity index (χ4n) is 0.323. The summed E-state index contributed by atoms with van der Waals surface area (Å²) in [6.45, 7) is 6.29.